The third-order valence-corrected chi connectivity index (χ3v) is 3.70. The molecule has 90 valence electrons. The Labute approximate surface area is 105 Å². The van der Waals surface area contributed by atoms with E-state index in [0.29, 0.717) is 5.02 Å². The lowest BCUT2D eigenvalue weighted by atomic mass is 9.83. The van der Waals surface area contributed by atoms with Crippen LogP contribution in [-0.2, 0) is 5.41 Å². The maximum Gasteiger partial charge on any atom is 0.202 e. The summed E-state index contributed by atoms with van der Waals surface area (Å²) in [4.78, 5) is 4.58. The molecule has 1 atom stereocenters. The number of benzene rings is 1. The first-order valence-corrected chi connectivity index (χ1v) is 6.32. The molecule has 1 aromatic carbocycles. The second-order valence-corrected chi connectivity index (χ2v) is 5.41. The van der Waals surface area contributed by atoms with Crippen molar-refractivity contribution < 1.29 is 4.42 Å². The van der Waals surface area contributed by atoms with Crippen molar-refractivity contribution in [3.63, 3.8) is 0 Å². The van der Waals surface area contributed by atoms with Gasteiger partial charge in [0.15, 0.2) is 5.58 Å². The van der Waals surface area contributed by atoms with Gasteiger partial charge in [-0.25, -0.2) is 4.98 Å². The topological polar surface area (TPSA) is 38.1 Å². The van der Waals surface area contributed by atoms with Crippen molar-refractivity contribution >= 4 is 22.7 Å². The van der Waals surface area contributed by atoms with E-state index < -0.39 is 0 Å². The molecule has 0 aliphatic carbocycles. The van der Waals surface area contributed by atoms with E-state index in [-0.39, 0.29) is 5.41 Å². The third kappa shape index (κ3) is 1.94. The molecule has 0 amide bonds. The molecule has 2 aromatic rings. The third-order valence-electron chi connectivity index (χ3n) is 3.46. The molecule has 2 heterocycles. The fraction of sp³-hybridized carbons (Fsp3) is 0.462. The van der Waals surface area contributed by atoms with E-state index in [2.05, 4.69) is 17.2 Å². The van der Waals surface area contributed by atoms with Crippen molar-refractivity contribution in [2.24, 2.45) is 0 Å². The van der Waals surface area contributed by atoms with Crippen LogP contribution in [0.3, 0.4) is 0 Å². The Morgan fingerprint density at radius 1 is 1.47 bits per heavy atom. The second-order valence-electron chi connectivity index (χ2n) is 4.97. The predicted octanol–water partition coefficient (Wildman–Crippen LogP) is 3.12. The van der Waals surface area contributed by atoms with E-state index >= 15 is 0 Å². The Morgan fingerprint density at radius 3 is 3.12 bits per heavy atom. The van der Waals surface area contributed by atoms with Crippen molar-refractivity contribution in [1.82, 2.24) is 10.3 Å². The number of piperidine rings is 1. The summed E-state index contributed by atoms with van der Waals surface area (Å²) >= 11 is 5.95. The molecule has 3 rings (SSSR count). The van der Waals surface area contributed by atoms with Crippen LogP contribution in [0.4, 0.5) is 0 Å². The van der Waals surface area contributed by atoms with Gasteiger partial charge in [0.2, 0.25) is 5.89 Å². The van der Waals surface area contributed by atoms with Gasteiger partial charge in [0, 0.05) is 17.6 Å². The molecule has 17 heavy (non-hydrogen) atoms. The van der Waals surface area contributed by atoms with Gasteiger partial charge in [0.1, 0.15) is 5.52 Å². The maximum absolute atomic E-state index is 5.95. The van der Waals surface area contributed by atoms with Crippen molar-refractivity contribution in [2.75, 3.05) is 13.1 Å². The molecule has 0 radical (unpaired) electrons. The van der Waals surface area contributed by atoms with Crippen LogP contribution in [0.1, 0.15) is 25.7 Å². The lowest BCUT2D eigenvalue weighted by Crippen LogP contribution is -2.41. The van der Waals surface area contributed by atoms with Gasteiger partial charge in [-0.05, 0) is 38.4 Å². The zero-order valence-electron chi connectivity index (χ0n) is 9.79. The number of nitrogens with one attached hydrogen (secondary N) is 1. The van der Waals surface area contributed by atoms with Gasteiger partial charge in [-0.15, -0.1) is 0 Å². The molecule has 3 nitrogen and oxygen atoms in total. The zero-order valence-corrected chi connectivity index (χ0v) is 10.5. The van der Waals surface area contributed by atoms with Crippen LogP contribution in [-0.4, -0.2) is 18.1 Å². The predicted molar refractivity (Wildman–Crippen MR) is 68.5 cm³/mol. The van der Waals surface area contributed by atoms with Gasteiger partial charge >= 0.3 is 0 Å². The standard InChI is InChI=1S/C13H15ClN2O/c1-13(5-2-6-15-8-13)12-16-10-4-3-9(14)7-11(10)17-12/h3-4,7,15H,2,5-6,8H2,1H3. The van der Waals surface area contributed by atoms with E-state index in [1.807, 2.05) is 18.2 Å². The summed E-state index contributed by atoms with van der Waals surface area (Å²) in [5.74, 6) is 0.821. The van der Waals surface area contributed by atoms with Crippen LogP contribution >= 0.6 is 11.6 Å². The van der Waals surface area contributed by atoms with Crippen LogP contribution in [0.15, 0.2) is 22.6 Å². The Bertz CT molecular complexity index is 543. The van der Waals surface area contributed by atoms with Gasteiger partial charge in [-0.2, -0.15) is 0 Å². The van der Waals surface area contributed by atoms with Gasteiger partial charge in [0.05, 0.1) is 5.41 Å². The molecule has 1 aromatic heterocycles. The SMILES string of the molecule is CC1(c2nc3ccc(Cl)cc3o2)CCCNC1. The Kier molecular flexibility index (Phi) is 2.60. The zero-order chi connectivity index (χ0) is 11.9. The fourth-order valence-corrected chi connectivity index (χ4v) is 2.56. The summed E-state index contributed by atoms with van der Waals surface area (Å²) < 4.78 is 5.86. The fourth-order valence-electron chi connectivity index (χ4n) is 2.40. The van der Waals surface area contributed by atoms with Crippen LogP contribution in [0, 0.1) is 0 Å². The molecule has 1 aliphatic rings. The summed E-state index contributed by atoms with van der Waals surface area (Å²) in [6.07, 6.45) is 2.27. The van der Waals surface area contributed by atoms with Crippen molar-refractivity contribution in [2.45, 2.75) is 25.2 Å². The molecule has 1 fully saturated rings. The van der Waals surface area contributed by atoms with Crippen molar-refractivity contribution in [3.05, 3.63) is 29.1 Å². The highest BCUT2D eigenvalue weighted by atomic mass is 35.5. The van der Waals surface area contributed by atoms with E-state index in [1.54, 1.807) is 0 Å². The van der Waals surface area contributed by atoms with E-state index in [9.17, 15) is 0 Å². The second kappa shape index (κ2) is 4.00. The number of hydrogen-bond acceptors (Lipinski definition) is 3. The lowest BCUT2D eigenvalue weighted by molar-refractivity contribution is 0.279. The van der Waals surface area contributed by atoms with Crippen LogP contribution in [0.5, 0.6) is 0 Å². The summed E-state index contributed by atoms with van der Waals surface area (Å²) in [6, 6.07) is 5.58. The normalized spacial score (nSPS) is 25.3. The molecule has 4 heteroatoms. The molecular formula is C13H15ClN2O. The summed E-state index contributed by atoms with van der Waals surface area (Å²) in [7, 11) is 0. The van der Waals surface area contributed by atoms with E-state index in [1.165, 1.54) is 0 Å². The number of fused-ring (bicyclic) bond motifs is 1. The van der Waals surface area contributed by atoms with Gasteiger partial charge in [-0.3, -0.25) is 0 Å². The number of nitrogens with zero attached hydrogens (tertiary/aromatic N) is 1. The smallest absolute Gasteiger partial charge is 0.202 e. The number of aromatic nitrogens is 1. The molecule has 1 N–H and O–H groups in total. The molecular weight excluding hydrogens is 236 g/mol. The Hall–Kier alpha value is -1.06. The van der Waals surface area contributed by atoms with Gasteiger partial charge in [-0.1, -0.05) is 11.6 Å². The average Bonchev–Trinajstić information content (AvgIpc) is 2.73. The van der Waals surface area contributed by atoms with Crippen LogP contribution in [0.25, 0.3) is 11.1 Å². The highest BCUT2D eigenvalue weighted by molar-refractivity contribution is 6.31. The average molecular weight is 251 g/mol. The molecule has 1 aliphatic heterocycles. The first-order valence-electron chi connectivity index (χ1n) is 5.95. The van der Waals surface area contributed by atoms with Crippen molar-refractivity contribution in [3.8, 4) is 0 Å². The first kappa shape index (κ1) is 11.1. The summed E-state index contributed by atoms with van der Waals surface area (Å²) in [5.41, 5.74) is 1.67. The highest BCUT2D eigenvalue weighted by Gasteiger charge is 2.33. The van der Waals surface area contributed by atoms with Gasteiger partial charge in [0.25, 0.3) is 0 Å². The number of rotatable bonds is 1. The minimum Gasteiger partial charge on any atom is -0.440 e. The quantitative estimate of drug-likeness (QED) is 0.845. The highest BCUT2D eigenvalue weighted by Crippen LogP contribution is 2.32. The minimum atomic E-state index is 0.00372. The largest absolute Gasteiger partial charge is 0.440 e. The van der Waals surface area contributed by atoms with Crippen LogP contribution in [0.2, 0.25) is 5.02 Å². The van der Waals surface area contributed by atoms with Gasteiger partial charge < -0.3 is 9.73 Å². The van der Waals surface area contributed by atoms with Crippen molar-refractivity contribution in [1.29, 1.82) is 0 Å². The molecule has 1 saturated heterocycles. The van der Waals surface area contributed by atoms with Crippen LogP contribution < -0.4 is 5.32 Å². The molecule has 1 unspecified atom stereocenters. The number of halogens is 1. The minimum absolute atomic E-state index is 0.00372. The molecule has 0 spiro atoms. The number of hydrogen-bond donors (Lipinski definition) is 1. The molecule has 0 bridgehead atoms. The Morgan fingerprint density at radius 2 is 2.35 bits per heavy atom. The maximum atomic E-state index is 5.95. The molecule has 0 saturated carbocycles. The lowest BCUT2D eigenvalue weighted by Gasteiger charge is -2.30. The Balaban J connectivity index is 2.05. The van der Waals surface area contributed by atoms with E-state index in [4.69, 9.17) is 16.0 Å². The number of oxazole rings is 1. The first-order chi connectivity index (χ1) is 8.17. The summed E-state index contributed by atoms with van der Waals surface area (Å²) in [5, 5.41) is 4.09. The monoisotopic (exact) mass is 250 g/mol. The summed E-state index contributed by atoms with van der Waals surface area (Å²) in [6.45, 7) is 4.21. The van der Waals surface area contributed by atoms with E-state index in [0.717, 1.165) is 42.9 Å².